The molecule has 280 valence electrons. The van der Waals surface area contributed by atoms with Gasteiger partial charge in [-0.25, -0.2) is 4.57 Å². The number of carbonyl (C=O) groups is 3. The van der Waals surface area contributed by atoms with Gasteiger partial charge in [0.05, 0.1) is 13.2 Å². The molecule has 0 aliphatic rings. The second kappa shape index (κ2) is 32.6. The number of carboxylic acids is 1. The van der Waals surface area contributed by atoms with E-state index in [2.05, 4.69) is 36.6 Å². The Morgan fingerprint density at radius 2 is 1.06 bits per heavy atom. The molecule has 0 aliphatic carbocycles. The van der Waals surface area contributed by atoms with Gasteiger partial charge in [0.1, 0.15) is 12.6 Å². The third-order valence-electron chi connectivity index (χ3n) is 6.52. The molecule has 0 spiro atoms. The molecule has 50 heavy (non-hydrogen) atoms. The zero-order valence-corrected chi connectivity index (χ0v) is 30.6. The molecule has 0 saturated heterocycles. The predicted octanol–water partition coefficient (Wildman–Crippen LogP) is 8.16. The maximum absolute atomic E-state index is 12.5. The number of rotatable bonds is 30. The average Bonchev–Trinajstić information content (AvgIpc) is 3.09. The summed E-state index contributed by atoms with van der Waals surface area (Å²) in [6.45, 7) is 2.37. The van der Waals surface area contributed by atoms with Crippen molar-refractivity contribution in [2.24, 2.45) is 5.73 Å². The van der Waals surface area contributed by atoms with E-state index >= 15 is 0 Å². The van der Waals surface area contributed by atoms with Crippen LogP contribution in [-0.4, -0.2) is 59.9 Å². The number of hydrogen-bond donors (Lipinski definition) is 3. The van der Waals surface area contributed by atoms with Crippen LogP contribution in [0.5, 0.6) is 0 Å². The molecule has 0 aromatic rings. The van der Waals surface area contributed by atoms with E-state index in [1.807, 2.05) is 79.0 Å². The van der Waals surface area contributed by atoms with Crippen molar-refractivity contribution in [3.05, 3.63) is 97.2 Å². The molecule has 12 heteroatoms. The maximum Gasteiger partial charge on any atom is 0.472 e. The summed E-state index contributed by atoms with van der Waals surface area (Å²) in [5.41, 5.74) is 5.30. The summed E-state index contributed by atoms with van der Waals surface area (Å²) in [7, 11) is -4.73. The molecular formula is C38H58NO10P. The zero-order chi connectivity index (χ0) is 37.1. The monoisotopic (exact) mass is 719 g/mol. The number of nitrogens with two attached hydrogens (primary N) is 1. The Kier molecular flexibility index (Phi) is 30.2. The third-order valence-corrected chi connectivity index (χ3v) is 7.47. The second-order valence-electron chi connectivity index (χ2n) is 11.1. The quantitative estimate of drug-likeness (QED) is 0.0283. The van der Waals surface area contributed by atoms with Gasteiger partial charge in [-0.3, -0.25) is 23.4 Å². The van der Waals surface area contributed by atoms with Gasteiger partial charge in [0.15, 0.2) is 6.10 Å². The van der Waals surface area contributed by atoms with Gasteiger partial charge < -0.3 is 25.2 Å². The van der Waals surface area contributed by atoms with Gasteiger partial charge in [-0.1, -0.05) is 124 Å². The lowest BCUT2D eigenvalue weighted by Crippen LogP contribution is -2.34. The molecule has 0 amide bonds. The van der Waals surface area contributed by atoms with Crippen LogP contribution < -0.4 is 5.73 Å². The number of esters is 2. The van der Waals surface area contributed by atoms with Gasteiger partial charge in [0, 0.05) is 12.8 Å². The Hall–Kier alpha value is -3.60. The smallest absolute Gasteiger partial charge is 0.472 e. The minimum absolute atomic E-state index is 0.0993. The van der Waals surface area contributed by atoms with E-state index in [1.165, 1.54) is 0 Å². The summed E-state index contributed by atoms with van der Waals surface area (Å²) >= 11 is 0. The number of ether oxygens (including phenoxy) is 2. The molecule has 0 heterocycles. The predicted molar refractivity (Wildman–Crippen MR) is 198 cm³/mol. The van der Waals surface area contributed by atoms with Gasteiger partial charge in [-0.05, 0) is 51.4 Å². The van der Waals surface area contributed by atoms with Crippen molar-refractivity contribution >= 4 is 25.7 Å². The molecule has 0 aromatic carbocycles. The Balaban J connectivity index is 4.67. The largest absolute Gasteiger partial charge is 0.480 e. The molecule has 3 atom stereocenters. The molecule has 11 nitrogen and oxygen atoms in total. The van der Waals surface area contributed by atoms with E-state index in [9.17, 15) is 23.8 Å². The molecular weight excluding hydrogens is 661 g/mol. The van der Waals surface area contributed by atoms with E-state index in [0.717, 1.165) is 51.4 Å². The second-order valence-corrected chi connectivity index (χ2v) is 12.5. The number of hydrogen-bond acceptors (Lipinski definition) is 9. The van der Waals surface area contributed by atoms with Crippen LogP contribution in [0.3, 0.4) is 0 Å². The third kappa shape index (κ3) is 31.7. The lowest BCUT2D eigenvalue weighted by Gasteiger charge is -2.20. The van der Waals surface area contributed by atoms with Crippen molar-refractivity contribution in [2.75, 3.05) is 19.8 Å². The van der Waals surface area contributed by atoms with Gasteiger partial charge in [-0.2, -0.15) is 0 Å². The lowest BCUT2D eigenvalue weighted by atomic mass is 10.1. The van der Waals surface area contributed by atoms with Gasteiger partial charge in [-0.15, -0.1) is 0 Å². The fraction of sp³-hybridized carbons (Fsp3) is 0.500. The minimum Gasteiger partial charge on any atom is -0.480 e. The van der Waals surface area contributed by atoms with Crippen molar-refractivity contribution in [1.29, 1.82) is 0 Å². The van der Waals surface area contributed by atoms with Crippen molar-refractivity contribution < 1.29 is 47.5 Å². The first-order valence-electron chi connectivity index (χ1n) is 17.4. The minimum atomic E-state index is -4.73. The van der Waals surface area contributed by atoms with Crippen LogP contribution in [0.4, 0.5) is 0 Å². The number of unbranched alkanes of at least 4 members (excludes halogenated alkanes) is 6. The van der Waals surface area contributed by atoms with E-state index < -0.39 is 51.1 Å². The van der Waals surface area contributed by atoms with Gasteiger partial charge >= 0.3 is 25.7 Å². The highest BCUT2D eigenvalue weighted by molar-refractivity contribution is 7.47. The SMILES string of the molecule is CC/C=C/C=C/C=C/C=C/CCCCCC(=O)OCC(COP(=O)(O)OC[C@H](N)C(=O)O)OC(=O)CCCCC/C=C/C=C/C=C/C=C/CC. The van der Waals surface area contributed by atoms with Crippen molar-refractivity contribution in [1.82, 2.24) is 0 Å². The van der Waals surface area contributed by atoms with E-state index in [0.29, 0.717) is 12.8 Å². The Morgan fingerprint density at radius 3 is 1.54 bits per heavy atom. The molecule has 0 aliphatic heterocycles. The van der Waals surface area contributed by atoms with Crippen LogP contribution in [0.25, 0.3) is 0 Å². The van der Waals surface area contributed by atoms with Crippen LogP contribution >= 0.6 is 7.82 Å². The van der Waals surface area contributed by atoms with Crippen molar-refractivity contribution in [3.63, 3.8) is 0 Å². The molecule has 4 N–H and O–H groups in total. The fourth-order valence-corrected chi connectivity index (χ4v) is 4.57. The molecule has 0 fully saturated rings. The highest BCUT2D eigenvalue weighted by Gasteiger charge is 2.28. The number of aliphatic carboxylic acids is 1. The van der Waals surface area contributed by atoms with Crippen LogP contribution in [0, 0.1) is 0 Å². The first kappa shape index (κ1) is 46.4. The fourth-order valence-electron chi connectivity index (χ4n) is 3.79. The van der Waals surface area contributed by atoms with Crippen molar-refractivity contribution in [3.8, 4) is 0 Å². The molecule has 0 saturated carbocycles. The van der Waals surface area contributed by atoms with Crippen molar-refractivity contribution in [2.45, 2.75) is 103 Å². The summed E-state index contributed by atoms with van der Waals surface area (Å²) in [4.78, 5) is 45.6. The first-order chi connectivity index (χ1) is 24.1. The number of carbonyl (C=O) groups excluding carboxylic acids is 2. The van der Waals surface area contributed by atoms with Gasteiger partial charge in [0.25, 0.3) is 0 Å². The summed E-state index contributed by atoms with van der Waals surface area (Å²) in [6, 6.07) is -1.54. The Labute approximate surface area is 298 Å². The van der Waals surface area contributed by atoms with Gasteiger partial charge in [0.2, 0.25) is 0 Å². The Morgan fingerprint density at radius 1 is 0.620 bits per heavy atom. The summed E-state index contributed by atoms with van der Waals surface area (Å²) in [6.07, 6.45) is 39.2. The Bertz CT molecular complexity index is 1220. The highest BCUT2D eigenvalue weighted by Crippen LogP contribution is 2.43. The molecule has 0 bridgehead atoms. The molecule has 0 radical (unpaired) electrons. The van der Waals surface area contributed by atoms with Crippen LogP contribution in [0.1, 0.15) is 90.9 Å². The first-order valence-corrected chi connectivity index (χ1v) is 18.9. The average molecular weight is 720 g/mol. The normalized spacial score (nSPS) is 15.1. The zero-order valence-electron chi connectivity index (χ0n) is 29.7. The topological polar surface area (TPSA) is 172 Å². The summed E-state index contributed by atoms with van der Waals surface area (Å²) in [5, 5.41) is 8.84. The highest BCUT2D eigenvalue weighted by atomic mass is 31.2. The number of phosphoric ester groups is 1. The van der Waals surface area contributed by atoms with Crippen LogP contribution in [0.15, 0.2) is 97.2 Å². The standard InChI is InChI=1S/C38H58NO10P/c1-3-5-7-9-11-13-15-17-19-21-23-25-27-29-36(40)46-31-34(32-47-50(44,45)48-33-35(39)38(42)43)49-37(41)30-28-26-24-22-20-18-16-14-12-10-8-6-4-2/h5-20,34-35H,3-4,21-33,39H2,1-2H3,(H,42,43)(H,44,45)/b7-5+,8-6+,11-9+,12-10+,15-13+,16-14+,19-17+,20-18+/t34?,35-/m0/s1. The number of allylic oxidation sites excluding steroid dienone is 16. The number of phosphoric acid groups is 1. The number of carboxylic acid groups (broad SMARTS) is 1. The molecule has 0 rings (SSSR count). The van der Waals surface area contributed by atoms with E-state index in [1.54, 1.807) is 0 Å². The lowest BCUT2D eigenvalue weighted by molar-refractivity contribution is -0.161. The van der Waals surface area contributed by atoms with Crippen LogP contribution in [0.2, 0.25) is 0 Å². The summed E-state index contributed by atoms with van der Waals surface area (Å²) < 4.78 is 32.4. The van der Waals surface area contributed by atoms with E-state index in [4.69, 9.17) is 24.8 Å². The van der Waals surface area contributed by atoms with E-state index in [-0.39, 0.29) is 19.4 Å². The molecule has 2 unspecified atom stereocenters. The summed E-state index contributed by atoms with van der Waals surface area (Å²) in [5.74, 6) is -2.50. The maximum atomic E-state index is 12.5. The van der Waals surface area contributed by atoms with Crippen LogP contribution in [-0.2, 0) is 37.5 Å². The molecule has 0 aromatic heterocycles.